The van der Waals surface area contributed by atoms with Crippen LogP contribution in [0, 0.1) is 0 Å². The summed E-state index contributed by atoms with van der Waals surface area (Å²) in [6, 6.07) is 7.72. The lowest BCUT2D eigenvalue weighted by molar-refractivity contribution is -0.131. The lowest BCUT2D eigenvalue weighted by atomic mass is 9.97. The number of nitrogens with zero attached hydrogens (tertiary/aromatic N) is 9. The number of rotatable bonds is 5. The first kappa shape index (κ1) is 37.5. The number of benzene rings is 2. The lowest BCUT2D eigenvalue weighted by Gasteiger charge is -2.50. The zero-order valence-corrected chi connectivity index (χ0v) is 32.5. The molecule has 0 aliphatic carbocycles. The second-order valence-corrected chi connectivity index (χ2v) is 16.7. The minimum absolute atomic E-state index is 0.147. The predicted octanol–water partition coefficient (Wildman–Crippen LogP) is 5.25. The van der Waals surface area contributed by atoms with Gasteiger partial charge in [0.05, 0.1) is 70.0 Å². The van der Waals surface area contributed by atoms with Crippen molar-refractivity contribution < 1.29 is 19.4 Å². The number of carbonyl (C=O) groups is 1. The van der Waals surface area contributed by atoms with Gasteiger partial charge in [0, 0.05) is 81.1 Å². The summed E-state index contributed by atoms with van der Waals surface area (Å²) in [6.07, 6.45) is 2.26. The summed E-state index contributed by atoms with van der Waals surface area (Å²) < 4.78 is 10.8. The SMILES string of the molecule is CC(C)(C)N(C(=O)O)c1ncc2cc(Cl)c(N3CCN(C4(C)COC4)CC3)cc2n1.CC1(N2CCN(c3cc4nc(N)ncc4cc3Cl)CC2)COC1. The molecule has 0 unspecified atom stereocenters. The molecule has 6 heterocycles. The Morgan fingerprint density at radius 1 is 0.755 bits per heavy atom. The average molecular weight is 768 g/mol. The first-order chi connectivity index (χ1) is 25.1. The molecule has 0 spiro atoms. The zero-order valence-electron chi connectivity index (χ0n) is 31.0. The molecule has 4 fully saturated rings. The molecule has 0 atom stereocenters. The summed E-state index contributed by atoms with van der Waals surface area (Å²) in [4.78, 5) is 39.7. The third-order valence-corrected chi connectivity index (χ3v) is 11.4. The van der Waals surface area contributed by atoms with Gasteiger partial charge in [0.15, 0.2) is 0 Å². The van der Waals surface area contributed by atoms with Crippen LogP contribution in [0.5, 0.6) is 0 Å². The van der Waals surface area contributed by atoms with Gasteiger partial charge in [-0.2, -0.15) is 0 Å². The van der Waals surface area contributed by atoms with Crippen LogP contribution < -0.4 is 20.4 Å². The van der Waals surface area contributed by atoms with E-state index in [2.05, 4.69) is 53.4 Å². The molecular weight excluding hydrogens is 719 g/mol. The number of amides is 1. The van der Waals surface area contributed by atoms with E-state index in [1.54, 1.807) is 12.4 Å². The van der Waals surface area contributed by atoms with Crippen LogP contribution in [0.3, 0.4) is 0 Å². The predicted molar refractivity (Wildman–Crippen MR) is 210 cm³/mol. The van der Waals surface area contributed by atoms with Crippen LogP contribution >= 0.6 is 23.2 Å². The summed E-state index contributed by atoms with van der Waals surface area (Å²) in [6.45, 7) is 20.7. The Balaban J connectivity index is 0.000000170. The van der Waals surface area contributed by atoms with Crippen LogP contribution in [0.1, 0.15) is 34.6 Å². The molecule has 4 aliphatic heterocycles. The first-order valence-corrected chi connectivity index (χ1v) is 18.8. The third kappa shape index (κ3) is 7.62. The normalized spacial score (nSPS) is 20.4. The highest BCUT2D eigenvalue weighted by atomic mass is 35.5. The van der Waals surface area contributed by atoms with Gasteiger partial charge in [-0.05, 0) is 58.9 Å². The van der Waals surface area contributed by atoms with E-state index in [-0.39, 0.29) is 23.0 Å². The van der Waals surface area contributed by atoms with Crippen molar-refractivity contribution in [3.63, 3.8) is 0 Å². The van der Waals surface area contributed by atoms with Gasteiger partial charge < -0.3 is 30.1 Å². The Morgan fingerprint density at radius 2 is 1.19 bits per heavy atom. The fraction of sp³-hybridized carbons (Fsp3) is 0.541. The van der Waals surface area contributed by atoms with E-state index in [9.17, 15) is 9.90 Å². The third-order valence-electron chi connectivity index (χ3n) is 10.8. The van der Waals surface area contributed by atoms with Gasteiger partial charge >= 0.3 is 6.09 Å². The summed E-state index contributed by atoms with van der Waals surface area (Å²) in [7, 11) is 0. The van der Waals surface area contributed by atoms with Crippen molar-refractivity contribution in [1.29, 1.82) is 0 Å². The Hall–Kier alpha value is -3.79. The molecule has 4 saturated heterocycles. The highest BCUT2D eigenvalue weighted by molar-refractivity contribution is 6.34. The quantitative estimate of drug-likeness (QED) is 0.273. The molecule has 1 amide bonds. The average Bonchev–Trinajstić information content (AvgIpc) is 3.09. The molecule has 0 bridgehead atoms. The molecule has 16 heteroatoms. The van der Waals surface area contributed by atoms with Crippen molar-refractivity contribution in [1.82, 2.24) is 29.7 Å². The van der Waals surface area contributed by atoms with E-state index in [0.29, 0.717) is 10.5 Å². The van der Waals surface area contributed by atoms with Crippen molar-refractivity contribution >= 4 is 74.4 Å². The van der Waals surface area contributed by atoms with E-state index in [0.717, 1.165) is 111 Å². The van der Waals surface area contributed by atoms with Crippen LogP contribution in [-0.4, -0.2) is 136 Å². The Labute approximate surface area is 319 Å². The number of fused-ring (bicyclic) bond motifs is 2. The number of nitrogens with two attached hydrogens (primary N) is 1. The highest BCUT2D eigenvalue weighted by Gasteiger charge is 2.42. The maximum atomic E-state index is 11.8. The van der Waals surface area contributed by atoms with Gasteiger partial charge in [-0.15, -0.1) is 0 Å². The standard InChI is InChI=1S/C21H28ClN5O3.C16H20ClN5O/c1-20(2,3)27(19(28)29)18-23-11-14-9-15(22)17(10-16(14)24-18)25-5-7-26(8-6-25)21(4)12-30-13-21;1-16(9-23-10-16)22-4-2-21(3-5-22)14-7-13-11(6-12(14)17)8-19-15(18)20-13/h9-11H,5-8,12-13H2,1-4H3,(H,28,29);6-8H,2-5,9-10H2,1H3,(H2,18,19,20). The fourth-order valence-electron chi connectivity index (χ4n) is 7.48. The summed E-state index contributed by atoms with van der Waals surface area (Å²) in [5.41, 5.74) is 8.84. The summed E-state index contributed by atoms with van der Waals surface area (Å²) in [5, 5.41) is 12.7. The van der Waals surface area contributed by atoms with E-state index >= 15 is 0 Å². The molecule has 53 heavy (non-hydrogen) atoms. The minimum Gasteiger partial charge on any atom is -0.465 e. The lowest BCUT2D eigenvalue weighted by Crippen LogP contribution is -2.64. The highest BCUT2D eigenvalue weighted by Crippen LogP contribution is 2.35. The van der Waals surface area contributed by atoms with Gasteiger partial charge in [-0.1, -0.05) is 23.2 Å². The maximum absolute atomic E-state index is 11.8. The van der Waals surface area contributed by atoms with Crippen molar-refractivity contribution in [2.24, 2.45) is 0 Å². The smallest absolute Gasteiger partial charge is 0.414 e. The van der Waals surface area contributed by atoms with Crippen molar-refractivity contribution in [3.05, 3.63) is 46.7 Å². The Bertz CT molecular complexity index is 1990. The molecule has 2 aromatic carbocycles. The minimum atomic E-state index is -1.08. The van der Waals surface area contributed by atoms with Crippen molar-refractivity contribution in [2.45, 2.75) is 51.2 Å². The Kier molecular flexibility index (Phi) is 10.2. The number of carboxylic acid groups (broad SMARTS) is 1. The molecular formula is C37H48Cl2N10O4. The molecule has 284 valence electrons. The van der Waals surface area contributed by atoms with E-state index in [1.807, 2.05) is 45.0 Å². The first-order valence-electron chi connectivity index (χ1n) is 18.0. The molecule has 0 saturated carbocycles. The number of ether oxygens (including phenoxy) is 2. The van der Waals surface area contributed by atoms with Crippen LogP contribution in [-0.2, 0) is 9.47 Å². The molecule has 4 aliphatic rings. The number of aromatic nitrogens is 4. The largest absolute Gasteiger partial charge is 0.465 e. The molecule has 0 radical (unpaired) electrons. The van der Waals surface area contributed by atoms with Gasteiger partial charge in [0.1, 0.15) is 0 Å². The number of halogens is 2. The fourth-order valence-corrected chi connectivity index (χ4v) is 8.07. The number of piperazine rings is 2. The molecule has 4 aromatic rings. The Morgan fingerprint density at radius 3 is 1.58 bits per heavy atom. The number of hydrogen-bond acceptors (Lipinski definition) is 12. The van der Waals surface area contributed by atoms with Gasteiger partial charge in [-0.3, -0.25) is 9.80 Å². The molecule has 8 rings (SSSR count). The molecule has 2 aromatic heterocycles. The van der Waals surface area contributed by atoms with E-state index < -0.39 is 11.6 Å². The van der Waals surface area contributed by atoms with Crippen LogP contribution in [0.2, 0.25) is 10.0 Å². The molecule has 3 N–H and O–H groups in total. The number of nitrogen functional groups attached to an aromatic ring is 1. The van der Waals surface area contributed by atoms with Crippen molar-refractivity contribution in [3.8, 4) is 0 Å². The zero-order chi connectivity index (χ0) is 37.7. The molecule has 14 nitrogen and oxygen atoms in total. The van der Waals surface area contributed by atoms with E-state index in [4.69, 9.17) is 38.4 Å². The van der Waals surface area contributed by atoms with E-state index in [1.165, 1.54) is 4.90 Å². The summed E-state index contributed by atoms with van der Waals surface area (Å²) >= 11 is 13.1. The van der Waals surface area contributed by atoms with Gasteiger partial charge in [-0.25, -0.2) is 29.6 Å². The number of anilines is 4. The summed E-state index contributed by atoms with van der Waals surface area (Å²) in [5.74, 6) is 0.451. The second kappa shape index (κ2) is 14.5. The number of hydrogen-bond donors (Lipinski definition) is 2. The van der Waals surface area contributed by atoms with Crippen LogP contribution in [0.4, 0.5) is 28.1 Å². The van der Waals surface area contributed by atoms with Gasteiger partial charge in [0.2, 0.25) is 11.9 Å². The maximum Gasteiger partial charge on any atom is 0.414 e. The monoisotopic (exact) mass is 766 g/mol. The van der Waals surface area contributed by atoms with Crippen LogP contribution in [0.15, 0.2) is 36.7 Å². The van der Waals surface area contributed by atoms with Crippen LogP contribution in [0.25, 0.3) is 21.8 Å². The van der Waals surface area contributed by atoms with Gasteiger partial charge in [0.25, 0.3) is 0 Å². The van der Waals surface area contributed by atoms with Crippen molar-refractivity contribution in [2.75, 3.05) is 99.2 Å². The topological polar surface area (TPSA) is 150 Å². The second-order valence-electron chi connectivity index (χ2n) is 15.8.